The molecule has 3 rings (SSSR count). The van der Waals surface area contributed by atoms with Gasteiger partial charge in [0, 0.05) is 18.4 Å². The van der Waals surface area contributed by atoms with E-state index < -0.39 is 23.8 Å². The fourth-order valence-corrected chi connectivity index (χ4v) is 3.88. The van der Waals surface area contributed by atoms with Gasteiger partial charge in [-0.05, 0) is 56.7 Å². The van der Waals surface area contributed by atoms with Crippen molar-refractivity contribution in [3.8, 4) is 5.75 Å². The van der Waals surface area contributed by atoms with Gasteiger partial charge in [-0.15, -0.1) is 0 Å². The Balaban J connectivity index is 2.39. The van der Waals surface area contributed by atoms with Gasteiger partial charge in [-0.2, -0.15) is 0 Å². The number of fused-ring (bicyclic) bond motifs is 11. The first kappa shape index (κ1) is 24.7. The van der Waals surface area contributed by atoms with Crippen LogP contribution in [0.1, 0.15) is 52.5 Å². The monoisotopic (exact) mass is 433 g/mol. The van der Waals surface area contributed by atoms with Crippen LogP contribution in [0.2, 0.25) is 0 Å². The number of carbonyl (C=O) groups excluding carboxylic acids is 3. The number of rotatable bonds is 5. The Labute approximate surface area is 184 Å². The van der Waals surface area contributed by atoms with Crippen LogP contribution in [0.4, 0.5) is 0 Å². The van der Waals surface area contributed by atoms with Gasteiger partial charge in [0.25, 0.3) is 0 Å². The van der Waals surface area contributed by atoms with Crippen LogP contribution >= 0.6 is 0 Å². The van der Waals surface area contributed by atoms with E-state index in [4.69, 9.17) is 4.74 Å². The lowest BCUT2D eigenvalue weighted by molar-refractivity contribution is -0.142. The molecule has 0 fully saturated rings. The second-order valence-electron chi connectivity index (χ2n) is 8.88. The highest BCUT2D eigenvalue weighted by Gasteiger charge is 2.36. The van der Waals surface area contributed by atoms with E-state index in [2.05, 4.69) is 10.6 Å². The van der Waals surface area contributed by atoms with E-state index in [0.29, 0.717) is 38.0 Å². The molecule has 3 atom stereocenters. The lowest BCUT2D eigenvalue weighted by Crippen LogP contribution is -2.52. The Kier molecular flexibility index (Phi) is 9.30. The molecule has 0 radical (unpaired) electrons. The molecule has 0 unspecified atom stereocenters. The van der Waals surface area contributed by atoms with Crippen LogP contribution in [-0.2, 0) is 20.8 Å². The SMILES string of the molecule is CC(C)C[C@H]1C(=O)N[C@H](C(=O)NC(C)C)Cc2ccc(cc2)OCCC[C@@H]1C(=O)NO. The van der Waals surface area contributed by atoms with Crippen molar-refractivity contribution in [1.29, 1.82) is 0 Å². The van der Waals surface area contributed by atoms with Crippen molar-refractivity contribution < 1.29 is 24.3 Å². The lowest BCUT2D eigenvalue weighted by Gasteiger charge is -2.29. The fourth-order valence-electron chi connectivity index (χ4n) is 3.88. The van der Waals surface area contributed by atoms with Gasteiger partial charge in [0.1, 0.15) is 11.8 Å². The molecular formula is C23H35N3O5. The summed E-state index contributed by atoms with van der Waals surface area (Å²) in [5.74, 6) is -1.79. The van der Waals surface area contributed by atoms with Gasteiger partial charge in [0.2, 0.25) is 17.7 Å². The Bertz CT molecular complexity index is 748. The molecule has 31 heavy (non-hydrogen) atoms. The molecule has 8 heteroatoms. The highest BCUT2D eigenvalue weighted by Crippen LogP contribution is 2.27. The van der Waals surface area contributed by atoms with Gasteiger partial charge < -0.3 is 15.4 Å². The maximum Gasteiger partial charge on any atom is 0.247 e. The second-order valence-corrected chi connectivity index (χ2v) is 8.88. The summed E-state index contributed by atoms with van der Waals surface area (Å²) in [7, 11) is 0. The molecule has 0 spiro atoms. The Morgan fingerprint density at radius 1 is 1.16 bits per heavy atom. The molecule has 3 amide bonds. The van der Waals surface area contributed by atoms with Crippen LogP contribution in [0.25, 0.3) is 0 Å². The smallest absolute Gasteiger partial charge is 0.247 e. The number of hydroxylamine groups is 1. The van der Waals surface area contributed by atoms with E-state index in [1.807, 2.05) is 52.0 Å². The van der Waals surface area contributed by atoms with Crippen LogP contribution in [0, 0.1) is 17.8 Å². The van der Waals surface area contributed by atoms with Crippen molar-refractivity contribution in [3.05, 3.63) is 29.8 Å². The minimum atomic E-state index is -0.780. The van der Waals surface area contributed by atoms with Gasteiger partial charge >= 0.3 is 0 Å². The number of carbonyl (C=O) groups is 3. The zero-order chi connectivity index (χ0) is 23.0. The first-order valence-corrected chi connectivity index (χ1v) is 11.0. The largest absolute Gasteiger partial charge is 0.494 e. The van der Waals surface area contributed by atoms with Crippen molar-refractivity contribution in [3.63, 3.8) is 0 Å². The van der Waals surface area contributed by atoms with Crippen LogP contribution in [0.15, 0.2) is 24.3 Å². The van der Waals surface area contributed by atoms with Crippen molar-refractivity contribution >= 4 is 17.7 Å². The Morgan fingerprint density at radius 3 is 2.42 bits per heavy atom. The van der Waals surface area contributed by atoms with Crippen molar-refractivity contribution in [1.82, 2.24) is 16.1 Å². The van der Waals surface area contributed by atoms with Crippen molar-refractivity contribution in [2.75, 3.05) is 6.61 Å². The molecule has 0 saturated heterocycles. The van der Waals surface area contributed by atoms with Crippen LogP contribution in [0.3, 0.4) is 0 Å². The summed E-state index contributed by atoms with van der Waals surface area (Å²) in [6, 6.07) is 6.58. The topological polar surface area (TPSA) is 117 Å². The molecule has 2 aliphatic heterocycles. The fraction of sp³-hybridized carbons (Fsp3) is 0.609. The maximum atomic E-state index is 13.3. The molecule has 0 saturated carbocycles. The molecule has 8 nitrogen and oxygen atoms in total. The average Bonchev–Trinajstić information content (AvgIpc) is 2.71. The van der Waals surface area contributed by atoms with Crippen LogP contribution in [0.5, 0.6) is 5.75 Å². The predicted molar refractivity (Wildman–Crippen MR) is 116 cm³/mol. The normalized spacial score (nSPS) is 22.4. The average molecular weight is 434 g/mol. The van der Waals surface area contributed by atoms with Gasteiger partial charge in [-0.1, -0.05) is 26.0 Å². The minimum absolute atomic E-state index is 0.0762. The number of nitrogens with one attached hydrogen (secondary N) is 3. The van der Waals surface area contributed by atoms with E-state index >= 15 is 0 Å². The van der Waals surface area contributed by atoms with E-state index in [1.165, 1.54) is 0 Å². The molecule has 2 bridgehead atoms. The Morgan fingerprint density at radius 2 is 1.84 bits per heavy atom. The highest BCUT2D eigenvalue weighted by atomic mass is 16.5. The van der Waals surface area contributed by atoms with Crippen LogP contribution < -0.4 is 20.9 Å². The third kappa shape index (κ3) is 7.54. The van der Waals surface area contributed by atoms with Gasteiger partial charge in [0.15, 0.2) is 0 Å². The Hall–Kier alpha value is -2.61. The number of hydrogen-bond acceptors (Lipinski definition) is 5. The van der Waals surface area contributed by atoms with E-state index in [1.54, 1.807) is 5.48 Å². The van der Waals surface area contributed by atoms with E-state index in [9.17, 15) is 19.6 Å². The summed E-state index contributed by atoms with van der Waals surface area (Å²) in [5.41, 5.74) is 2.60. The van der Waals surface area contributed by atoms with Crippen LogP contribution in [-0.4, -0.2) is 41.6 Å². The highest BCUT2D eigenvalue weighted by molar-refractivity contribution is 5.91. The molecule has 0 aliphatic carbocycles. The summed E-state index contributed by atoms with van der Waals surface area (Å²) >= 11 is 0. The first-order valence-electron chi connectivity index (χ1n) is 11.0. The second kappa shape index (κ2) is 11.7. The summed E-state index contributed by atoms with van der Waals surface area (Å²) in [6.07, 6.45) is 1.68. The third-order valence-electron chi connectivity index (χ3n) is 5.35. The number of hydrogen-bond donors (Lipinski definition) is 4. The lowest BCUT2D eigenvalue weighted by atomic mass is 9.81. The third-order valence-corrected chi connectivity index (χ3v) is 5.35. The molecule has 1 aromatic carbocycles. The molecular weight excluding hydrogens is 398 g/mol. The van der Waals surface area contributed by atoms with Crippen molar-refractivity contribution in [2.24, 2.45) is 17.8 Å². The quantitative estimate of drug-likeness (QED) is 0.420. The molecule has 4 N–H and O–H groups in total. The number of ether oxygens (including phenoxy) is 1. The summed E-state index contributed by atoms with van der Waals surface area (Å²) in [5, 5.41) is 15.0. The minimum Gasteiger partial charge on any atom is -0.494 e. The molecule has 2 aliphatic rings. The molecule has 172 valence electrons. The van der Waals surface area contributed by atoms with Gasteiger partial charge in [-0.25, -0.2) is 5.48 Å². The summed E-state index contributed by atoms with van der Waals surface area (Å²) in [4.78, 5) is 38.6. The zero-order valence-electron chi connectivity index (χ0n) is 18.8. The van der Waals surface area contributed by atoms with Crippen molar-refractivity contribution in [2.45, 2.75) is 65.5 Å². The molecule has 1 aromatic rings. The predicted octanol–water partition coefficient (Wildman–Crippen LogP) is 2.20. The molecule has 0 aromatic heterocycles. The molecule has 2 heterocycles. The van der Waals surface area contributed by atoms with Gasteiger partial charge in [-0.3, -0.25) is 19.6 Å². The number of amides is 3. The first-order chi connectivity index (χ1) is 14.7. The maximum absolute atomic E-state index is 13.3. The van der Waals surface area contributed by atoms with E-state index in [-0.39, 0.29) is 23.8 Å². The number of benzene rings is 1. The van der Waals surface area contributed by atoms with E-state index in [0.717, 1.165) is 5.56 Å². The van der Waals surface area contributed by atoms with Gasteiger partial charge in [0.05, 0.1) is 12.5 Å². The standard InChI is InChI=1S/C23H35N3O5/c1-14(2)12-19-18(22(28)26-30)6-5-11-31-17-9-7-16(8-10-17)13-20(25-21(19)27)23(29)24-15(3)4/h7-10,14-15,18-20,30H,5-6,11-13H2,1-4H3,(H,24,29)(H,25,27)(H,26,28)/t18-,19+,20-/m0/s1. The summed E-state index contributed by atoms with van der Waals surface area (Å²) in [6.45, 7) is 8.05. The summed E-state index contributed by atoms with van der Waals surface area (Å²) < 4.78 is 5.76. The zero-order valence-corrected chi connectivity index (χ0v) is 18.8.